The smallest absolute Gasteiger partial charge is 0.268 e. The number of nitrogens with zero attached hydrogens (tertiary/aromatic N) is 2. The van der Waals surface area contributed by atoms with Crippen LogP contribution in [0.15, 0.2) is 16.9 Å². The number of rotatable bonds is 2. The fourth-order valence-corrected chi connectivity index (χ4v) is 1.87. The number of aromatic nitrogens is 1. The van der Waals surface area contributed by atoms with E-state index in [0.29, 0.717) is 0 Å². The second-order valence-electron chi connectivity index (χ2n) is 5.43. The van der Waals surface area contributed by atoms with E-state index >= 15 is 0 Å². The Morgan fingerprint density at radius 3 is 2.41 bits per heavy atom. The second-order valence-corrected chi connectivity index (χ2v) is 5.43. The lowest BCUT2D eigenvalue weighted by molar-refractivity contribution is 0.438. The first-order chi connectivity index (χ1) is 7.82. The van der Waals surface area contributed by atoms with E-state index in [4.69, 9.17) is 5.26 Å². The van der Waals surface area contributed by atoms with E-state index < -0.39 is 0 Å². The summed E-state index contributed by atoms with van der Waals surface area (Å²) in [5.41, 5.74) is 0.930. The van der Waals surface area contributed by atoms with Crippen LogP contribution < -0.4 is 5.56 Å². The molecule has 0 radical (unpaired) electrons. The monoisotopic (exact) mass is 232 g/mol. The molecule has 17 heavy (non-hydrogen) atoms. The minimum absolute atomic E-state index is 0.101. The third kappa shape index (κ3) is 2.58. The summed E-state index contributed by atoms with van der Waals surface area (Å²) in [5.74, 6) is 0. The van der Waals surface area contributed by atoms with Gasteiger partial charge in [-0.05, 0) is 25.5 Å². The molecule has 0 fully saturated rings. The summed E-state index contributed by atoms with van der Waals surface area (Å²) in [6.07, 6.45) is 0.873. The molecule has 0 saturated heterocycles. The van der Waals surface area contributed by atoms with Crippen LogP contribution in [0.5, 0.6) is 0 Å². The van der Waals surface area contributed by atoms with Gasteiger partial charge < -0.3 is 4.57 Å². The normalized spacial score (nSPS) is 13.2. The highest BCUT2D eigenvalue weighted by molar-refractivity contribution is 5.30. The molecule has 1 unspecified atom stereocenters. The van der Waals surface area contributed by atoms with Crippen molar-refractivity contribution in [1.82, 2.24) is 4.57 Å². The van der Waals surface area contributed by atoms with E-state index in [1.54, 1.807) is 10.6 Å². The summed E-state index contributed by atoms with van der Waals surface area (Å²) < 4.78 is 1.76. The van der Waals surface area contributed by atoms with Gasteiger partial charge in [0.05, 0.1) is 0 Å². The van der Waals surface area contributed by atoms with Crippen LogP contribution in [0.3, 0.4) is 0 Å². The van der Waals surface area contributed by atoms with Crippen LogP contribution in [0.1, 0.15) is 58.3 Å². The average Bonchev–Trinajstić information content (AvgIpc) is 2.26. The van der Waals surface area contributed by atoms with E-state index in [-0.39, 0.29) is 22.6 Å². The highest BCUT2D eigenvalue weighted by Gasteiger charge is 2.22. The Morgan fingerprint density at radius 2 is 2.00 bits per heavy atom. The largest absolute Gasteiger partial charge is 0.308 e. The molecule has 0 aliphatic carbocycles. The maximum Gasteiger partial charge on any atom is 0.268 e. The van der Waals surface area contributed by atoms with Crippen molar-refractivity contribution >= 4 is 0 Å². The molecular formula is C14H20N2O. The molecule has 0 aromatic carbocycles. The zero-order valence-corrected chi connectivity index (χ0v) is 11.2. The van der Waals surface area contributed by atoms with Gasteiger partial charge in [-0.25, -0.2) is 0 Å². The fourth-order valence-electron chi connectivity index (χ4n) is 1.87. The Morgan fingerprint density at radius 1 is 1.41 bits per heavy atom. The fraction of sp³-hybridized carbons (Fsp3) is 0.571. The molecule has 0 amide bonds. The lowest BCUT2D eigenvalue weighted by Gasteiger charge is -2.27. The summed E-state index contributed by atoms with van der Waals surface area (Å²) >= 11 is 0. The van der Waals surface area contributed by atoms with Crippen LogP contribution in [-0.4, -0.2) is 4.57 Å². The van der Waals surface area contributed by atoms with Crippen molar-refractivity contribution in [3.8, 4) is 6.07 Å². The van der Waals surface area contributed by atoms with E-state index in [2.05, 4.69) is 20.8 Å². The molecule has 1 aromatic heterocycles. The Bertz CT molecular complexity index is 500. The van der Waals surface area contributed by atoms with E-state index in [9.17, 15) is 4.79 Å². The van der Waals surface area contributed by atoms with Crippen LogP contribution in [-0.2, 0) is 5.41 Å². The van der Waals surface area contributed by atoms with Gasteiger partial charge in [0.1, 0.15) is 11.6 Å². The molecule has 1 rings (SSSR count). The SMILES string of the molecule is CCC(C)n1c(C(C)(C)C)ccc(C#N)c1=O. The van der Waals surface area contributed by atoms with Gasteiger partial charge in [0.15, 0.2) is 0 Å². The number of nitriles is 1. The molecule has 3 nitrogen and oxygen atoms in total. The molecule has 1 atom stereocenters. The van der Waals surface area contributed by atoms with Crippen LogP contribution in [0.25, 0.3) is 0 Å². The van der Waals surface area contributed by atoms with E-state index in [1.165, 1.54) is 0 Å². The van der Waals surface area contributed by atoms with Crippen molar-refractivity contribution < 1.29 is 0 Å². The van der Waals surface area contributed by atoms with Crippen LogP contribution >= 0.6 is 0 Å². The van der Waals surface area contributed by atoms with Crippen molar-refractivity contribution in [2.24, 2.45) is 0 Å². The highest BCUT2D eigenvalue weighted by atomic mass is 16.1. The second kappa shape index (κ2) is 4.75. The third-order valence-electron chi connectivity index (χ3n) is 3.04. The Hall–Kier alpha value is -1.56. The molecule has 0 bridgehead atoms. The Kier molecular flexibility index (Phi) is 3.77. The number of hydrogen-bond donors (Lipinski definition) is 0. The molecule has 0 aliphatic heterocycles. The van der Waals surface area contributed by atoms with Gasteiger partial charge in [-0.3, -0.25) is 4.79 Å². The van der Waals surface area contributed by atoms with Gasteiger partial charge in [0.2, 0.25) is 0 Å². The summed E-state index contributed by atoms with van der Waals surface area (Å²) in [7, 11) is 0. The molecule has 92 valence electrons. The van der Waals surface area contributed by atoms with Crippen LogP contribution in [0, 0.1) is 11.3 Å². The molecule has 3 heteroatoms. The summed E-state index contributed by atoms with van der Waals surface area (Å²) in [4.78, 5) is 12.2. The van der Waals surface area contributed by atoms with Crippen molar-refractivity contribution in [3.05, 3.63) is 33.7 Å². The molecule has 1 heterocycles. The quantitative estimate of drug-likeness (QED) is 0.787. The van der Waals surface area contributed by atoms with Gasteiger partial charge in [0, 0.05) is 17.2 Å². The first-order valence-electron chi connectivity index (χ1n) is 5.99. The number of hydrogen-bond acceptors (Lipinski definition) is 2. The maximum atomic E-state index is 12.2. The van der Waals surface area contributed by atoms with Gasteiger partial charge in [-0.2, -0.15) is 5.26 Å². The van der Waals surface area contributed by atoms with Crippen molar-refractivity contribution in [1.29, 1.82) is 5.26 Å². The highest BCUT2D eigenvalue weighted by Crippen LogP contribution is 2.24. The van der Waals surface area contributed by atoms with Crippen molar-refractivity contribution in [2.75, 3.05) is 0 Å². The summed E-state index contributed by atoms with van der Waals surface area (Å²) in [6, 6.07) is 5.60. The first kappa shape index (κ1) is 13.5. The Labute approximate surface area is 103 Å². The topological polar surface area (TPSA) is 45.8 Å². The first-order valence-corrected chi connectivity index (χ1v) is 5.99. The molecule has 0 saturated carbocycles. The molecule has 0 aliphatic rings. The average molecular weight is 232 g/mol. The summed E-state index contributed by atoms with van der Waals surface area (Å²) in [5, 5.41) is 8.93. The third-order valence-corrected chi connectivity index (χ3v) is 3.04. The van der Waals surface area contributed by atoms with Gasteiger partial charge in [0.25, 0.3) is 5.56 Å². The standard InChI is InChI=1S/C14H20N2O/c1-6-10(2)16-12(14(3,4)5)8-7-11(9-15)13(16)17/h7-8,10H,6H2,1-5H3. The predicted octanol–water partition coefficient (Wildman–Crippen LogP) is 2.99. The molecule has 1 aromatic rings. The van der Waals surface area contributed by atoms with Gasteiger partial charge in [-0.15, -0.1) is 0 Å². The molecule has 0 spiro atoms. The van der Waals surface area contributed by atoms with Crippen molar-refractivity contribution in [2.45, 2.75) is 52.5 Å². The predicted molar refractivity (Wildman–Crippen MR) is 69.1 cm³/mol. The number of pyridine rings is 1. The van der Waals surface area contributed by atoms with Gasteiger partial charge >= 0.3 is 0 Å². The van der Waals surface area contributed by atoms with Gasteiger partial charge in [-0.1, -0.05) is 27.7 Å². The zero-order chi connectivity index (χ0) is 13.2. The maximum absolute atomic E-state index is 12.2. The lowest BCUT2D eigenvalue weighted by Crippen LogP contribution is -2.32. The minimum Gasteiger partial charge on any atom is -0.308 e. The molecule has 0 N–H and O–H groups in total. The van der Waals surface area contributed by atoms with Crippen molar-refractivity contribution in [3.63, 3.8) is 0 Å². The Balaban J connectivity index is 3.60. The zero-order valence-electron chi connectivity index (χ0n) is 11.2. The van der Waals surface area contributed by atoms with E-state index in [1.807, 2.05) is 26.0 Å². The van der Waals surface area contributed by atoms with Crippen LogP contribution in [0.4, 0.5) is 0 Å². The summed E-state index contributed by atoms with van der Waals surface area (Å²) in [6.45, 7) is 10.3. The minimum atomic E-state index is -0.172. The molecular weight excluding hydrogens is 212 g/mol. The van der Waals surface area contributed by atoms with Crippen LogP contribution in [0.2, 0.25) is 0 Å². The lowest BCUT2D eigenvalue weighted by atomic mass is 9.90. The van der Waals surface area contributed by atoms with E-state index in [0.717, 1.165) is 12.1 Å².